The molecule has 8 heavy (non-hydrogen) atoms. The smallest absolute Gasteiger partial charge is 0 e. The van der Waals surface area contributed by atoms with Gasteiger partial charge in [-0.3, -0.25) is 0 Å². The zero-order valence-corrected chi connectivity index (χ0v) is 7.44. The Morgan fingerprint density at radius 1 is 1.38 bits per heavy atom. The Balaban J connectivity index is 0. The molecular formula is C5H14N2Pt. The average Bonchev–Trinajstić information content (AvgIpc) is 1.68. The fraction of sp³-hybridized carbons (Fsp3) is 1.00. The first kappa shape index (κ1) is 11.4. The number of nitrogens with two attached hydrogens (primary N) is 2. The largest absolute Gasteiger partial charge is 0.330 e. The minimum Gasteiger partial charge on any atom is -0.330 e. The predicted octanol–water partition coefficient (Wildman–Crippen LogP) is -0.0725. The van der Waals surface area contributed by atoms with E-state index in [1.165, 1.54) is 0 Å². The average molecular weight is 297 g/mol. The second kappa shape index (κ2) is 7.61. The summed E-state index contributed by atoms with van der Waals surface area (Å²) in [5, 5.41) is 0. The van der Waals surface area contributed by atoms with Gasteiger partial charge in [0.2, 0.25) is 0 Å². The van der Waals surface area contributed by atoms with Gasteiger partial charge in [-0.05, 0) is 25.4 Å². The van der Waals surface area contributed by atoms with Crippen LogP contribution in [0.3, 0.4) is 0 Å². The summed E-state index contributed by atoms with van der Waals surface area (Å²) in [6.45, 7) is 3.63. The molecule has 0 aromatic rings. The fourth-order valence-electron chi connectivity index (χ4n) is 0.402. The molecule has 0 spiro atoms. The summed E-state index contributed by atoms with van der Waals surface area (Å²) in [7, 11) is 0. The Labute approximate surface area is 65.3 Å². The number of hydrogen-bond acceptors (Lipinski definition) is 2. The summed E-state index contributed by atoms with van der Waals surface area (Å²) < 4.78 is 0. The quantitative estimate of drug-likeness (QED) is 0.766. The van der Waals surface area contributed by atoms with Crippen LogP contribution in [0.1, 0.15) is 13.3 Å². The van der Waals surface area contributed by atoms with Crippen LogP contribution in [0.5, 0.6) is 0 Å². The van der Waals surface area contributed by atoms with Crippen molar-refractivity contribution in [2.45, 2.75) is 13.3 Å². The van der Waals surface area contributed by atoms with Crippen molar-refractivity contribution < 1.29 is 21.1 Å². The van der Waals surface area contributed by atoms with Crippen molar-refractivity contribution >= 4 is 0 Å². The van der Waals surface area contributed by atoms with E-state index in [-0.39, 0.29) is 21.1 Å². The summed E-state index contributed by atoms with van der Waals surface area (Å²) in [5.74, 6) is 0.602. The second-order valence-electron chi connectivity index (χ2n) is 1.92. The minimum absolute atomic E-state index is 0. The first-order valence-corrected chi connectivity index (χ1v) is 2.71. The molecule has 0 aromatic heterocycles. The van der Waals surface area contributed by atoms with E-state index >= 15 is 0 Å². The maximum atomic E-state index is 5.30. The summed E-state index contributed by atoms with van der Waals surface area (Å²) in [6, 6.07) is 0. The van der Waals surface area contributed by atoms with Gasteiger partial charge in [-0.2, -0.15) is 0 Å². The van der Waals surface area contributed by atoms with Crippen LogP contribution < -0.4 is 11.5 Å². The summed E-state index contributed by atoms with van der Waals surface area (Å²) in [4.78, 5) is 0. The van der Waals surface area contributed by atoms with E-state index in [0.717, 1.165) is 19.5 Å². The van der Waals surface area contributed by atoms with Crippen molar-refractivity contribution in [3.63, 3.8) is 0 Å². The van der Waals surface area contributed by atoms with Gasteiger partial charge in [0.15, 0.2) is 0 Å². The molecular weight excluding hydrogens is 283 g/mol. The van der Waals surface area contributed by atoms with Gasteiger partial charge in [-0.1, -0.05) is 6.92 Å². The van der Waals surface area contributed by atoms with E-state index in [9.17, 15) is 0 Å². The van der Waals surface area contributed by atoms with Gasteiger partial charge < -0.3 is 11.5 Å². The Bertz CT molecular complexity index is 41.4. The van der Waals surface area contributed by atoms with Crippen molar-refractivity contribution in [2.75, 3.05) is 13.1 Å². The van der Waals surface area contributed by atoms with Crippen LogP contribution >= 0.6 is 0 Å². The van der Waals surface area contributed by atoms with E-state index in [1.54, 1.807) is 0 Å². The molecule has 4 N–H and O–H groups in total. The zero-order chi connectivity index (χ0) is 5.70. The summed E-state index contributed by atoms with van der Waals surface area (Å²) in [6.07, 6.45) is 1.05. The third-order valence-electron chi connectivity index (χ3n) is 1.06. The normalized spacial score (nSPS) is 12.4. The Hall–Kier alpha value is 0.608. The molecule has 0 bridgehead atoms. The molecule has 3 heteroatoms. The molecule has 0 aliphatic carbocycles. The molecule has 0 heterocycles. The number of hydrogen-bond donors (Lipinski definition) is 2. The molecule has 0 aromatic carbocycles. The molecule has 0 saturated heterocycles. The fourth-order valence-corrected chi connectivity index (χ4v) is 0.402. The van der Waals surface area contributed by atoms with Crippen LogP contribution in [0, 0.1) is 5.92 Å². The van der Waals surface area contributed by atoms with Gasteiger partial charge in [0.1, 0.15) is 0 Å². The van der Waals surface area contributed by atoms with Crippen LogP contribution in [0.25, 0.3) is 0 Å². The van der Waals surface area contributed by atoms with Crippen molar-refractivity contribution in [1.29, 1.82) is 0 Å². The molecule has 54 valence electrons. The Kier molecular flexibility index (Phi) is 10.9. The van der Waals surface area contributed by atoms with E-state index in [1.807, 2.05) is 0 Å². The van der Waals surface area contributed by atoms with E-state index in [4.69, 9.17) is 11.5 Å². The van der Waals surface area contributed by atoms with Crippen LogP contribution in [-0.2, 0) is 21.1 Å². The molecule has 0 radical (unpaired) electrons. The monoisotopic (exact) mass is 297 g/mol. The topological polar surface area (TPSA) is 52.0 Å². The molecule has 0 aliphatic rings. The molecule has 0 aliphatic heterocycles. The molecule has 0 rings (SSSR count). The summed E-state index contributed by atoms with van der Waals surface area (Å²) >= 11 is 0. The van der Waals surface area contributed by atoms with Crippen LogP contribution in [0.15, 0.2) is 0 Å². The maximum absolute atomic E-state index is 5.30. The molecule has 0 fully saturated rings. The standard InChI is InChI=1S/C5H14N2.Pt/c1-5(4-7)2-3-6;/h5H,2-4,6-7H2,1H3;/t5-;/m1./s1. The van der Waals surface area contributed by atoms with Crippen LogP contribution in [-0.4, -0.2) is 13.1 Å². The first-order valence-electron chi connectivity index (χ1n) is 2.71. The number of rotatable bonds is 3. The van der Waals surface area contributed by atoms with Crippen molar-refractivity contribution in [3.8, 4) is 0 Å². The zero-order valence-electron chi connectivity index (χ0n) is 5.17. The van der Waals surface area contributed by atoms with Gasteiger partial charge in [0.05, 0.1) is 0 Å². The van der Waals surface area contributed by atoms with Crippen LogP contribution in [0.4, 0.5) is 0 Å². The van der Waals surface area contributed by atoms with E-state index in [0.29, 0.717) is 5.92 Å². The molecule has 0 amide bonds. The van der Waals surface area contributed by atoms with Crippen LogP contribution in [0.2, 0.25) is 0 Å². The summed E-state index contributed by atoms with van der Waals surface area (Å²) in [5.41, 5.74) is 10.6. The van der Waals surface area contributed by atoms with Gasteiger partial charge >= 0.3 is 0 Å². The Morgan fingerprint density at radius 2 is 1.88 bits per heavy atom. The van der Waals surface area contributed by atoms with Gasteiger partial charge in [0, 0.05) is 21.1 Å². The first-order chi connectivity index (χ1) is 3.31. The molecule has 2 nitrogen and oxygen atoms in total. The third-order valence-corrected chi connectivity index (χ3v) is 1.06. The molecule has 0 unspecified atom stereocenters. The van der Waals surface area contributed by atoms with Gasteiger partial charge in [-0.15, -0.1) is 0 Å². The molecule has 0 saturated carbocycles. The maximum Gasteiger partial charge on any atom is 0 e. The molecule has 1 atom stereocenters. The van der Waals surface area contributed by atoms with Crippen molar-refractivity contribution in [2.24, 2.45) is 17.4 Å². The second-order valence-corrected chi connectivity index (χ2v) is 1.92. The third kappa shape index (κ3) is 6.61. The predicted molar refractivity (Wildman–Crippen MR) is 31.9 cm³/mol. The van der Waals surface area contributed by atoms with Crippen molar-refractivity contribution in [1.82, 2.24) is 0 Å². The minimum atomic E-state index is 0. The van der Waals surface area contributed by atoms with E-state index < -0.39 is 0 Å². The van der Waals surface area contributed by atoms with Gasteiger partial charge in [0.25, 0.3) is 0 Å². The van der Waals surface area contributed by atoms with Crippen molar-refractivity contribution in [3.05, 3.63) is 0 Å². The van der Waals surface area contributed by atoms with E-state index in [2.05, 4.69) is 6.92 Å². The SMILES string of the molecule is C[C@@H](CN)CCN.[Pt]. The Morgan fingerprint density at radius 3 is 2.00 bits per heavy atom. The van der Waals surface area contributed by atoms with Gasteiger partial charge in [-0.25, -0.2) is 0 Å².